The minimum absolute atomic E-state index is 0.0672. The number of anilines is 1. The van der Waals surface area contributed by atoms with Gasteiger partial charge in [0.2, 0.25) is 0 Å². The summed E-state index contributed by atoms with van der Waals surface area (Å²) in [6.45, 7) is 2.04. The average molecular weight is 428 g/mol. The molecule has 8 heteroatoms. The summed E-state index contributed by atoms with van der Waals surface area (Å²) < 4.78 is 4.95. The van der Waals surface area contributed by atoms with E-state index in [1.165, 1.54) is 6.21 Å². The molecule has 3 N–H and O–H groups in total. The molecule has 1 aliphatic carbocycles. The van der Waals surface area contributed by atoms with Crippen LogP contribution in [0.25, 0.3) is 0 Å². The molecule has 156 valence electrons. The van der Waals surface area contributed by atoms with Crippen LogP contribution < -0.4 is 11.2 Å². The molecule has 1 amide bonds. The van der Waals surface area contributed by atoms with E-state index in [4.69, 9.17) is 22.2 Å². The Morgan fingerprint density at radius 3 is 2.80 bits per heavy atom. The molecule has 0 aromatic heterocycles. The van der Waals surface area contributed by atoms with Crippen LogP contribution in [0.15, 0.2) is 41.5 Å². The van der Waals surface area contributed by atoms with Gasteiger partial charge in [-0.3, -0.25) is 14.4 Å². The molecular formula is C22H22ClN3O4. The summed E-state index contributed by atoms with van der Waals surface area (Å²) in [5.74, 6) is 3.97. The third-order valence-electron chi connectivity index (χ3n) is 4.94. The number of ether oxygens (including phenoxy) is 1. The zero-order chi connectivity index (χ0) is 21.7. The van der Waals surface area contributed by atoms with Crippen LogP contribution in [0.4, 0.5) is 5.69 Å². The number of esters is 1. The zero-order valence-corrected chi connectivity index (χ0v) is 17.2. The van der Waals surface area contributed by atoms with E-state index in [-0.39, 0.29) is 35.0 Å². The molecule has 7 nitrogen and oxygen atoms in total. The lowest BCUT2D eigenvalue weighted by Crippen LogP contribution is -2.26. The molecule has 30 heavy (non-hydrogen) atoms. The zero-order valence-electron chi connectivity index (χ0n) is 16.5. The molecule has 0 saturated carbocycles. The number of rotatable bonds is 6. The number of halogens is 1. The number of nitrogens with two attached hydrogens (primary N) is 1. The highest BCUT2D eigenvalue weighted by Gasteiger charge is 2.29. The Balaban J connectivity index is 1.72. The smallest absolute Gasteiger partial charge is 0.306 e. The van der Waals surface area contributed by atoms with Crippen LogP contribution in [-0.4, -0.2) is 30.5 Å². The number of ketones is 1. The molecular weight excluding hydrogens is 406 g/mol. The van der Waals surface area contributed by atoms with Crippen LogP contribution in [0, 0.1) is 5.92 Å². The van der Waals surface area contributed by atoms with Crippen LogP contribution in [0.3, 0.4) is 0 Å². The number of fused-ring (bicyclic) bond motifs is 1. The highest BCUT2D eigenvalue weighted by Crippen LogP contribution is 2.30. The van der Waals surface area contributed by atoms with E-state index in [0.717, 1.165) is 5.56 Å². The first-order valence-corrected chi connectivity index (χ1v) is 9.97. The Kier molecular flexibility index (Phi) is 6.84. The standard InChI is InChI=1S/C22H22ClN3O4/c1-2-30-20(27)11-15-5-4-14-10-16(6-8-17(14)21(15)28)26-22(29)18-7-3-13(12-25-24)9-19(18)23/h3,6-10,12,15H,2,4-5,11,24H2,1H3,(H,26,29)/b25-12-. The molecule has 2 aromatic rings. The number of carbonyl (C=O) groups is 3. The van der Waals surface area contributed by atoms with Crippen molar-refractivity contribution in [2.75, 3.05) is 11.9 Å². The van der Waals surface area contributed by atoms with E-state index in [2.05, 4.69) is 10.4 Å². The second-order valence-corrected chi connectivity index (χ2v) is 7.36. The maximum Gasteiger partial charge on any atom is 0.306 e. The number of nitrogens with one attached hydrogen (secondary N) is 1. The summed E-state index contributed by atoms with van der Waals surface area (Å²) in [6, 6.07) is 10.0. The number of amides is 1. The molecule has 0 bridgehead atoms. The summed E-state index contributed by atoms with van der Waals surface area (Å²) in [7, 11) is 0. The van der Waals surface area contributed by atoms with Gasteiger partial charge in [-0.15, -0.1) is 0 Å². The monoisotopic (exact) mass is 427 g/mol. The van der Waals surface area contributed by atoms with E-state index in [0.29, 0.717) is 41.8 Å². The Hall–Kier alpha value is -3.19. The third kappa shape index (κ3) is 4.86. The number of carbonyl (C=O) groups excluding carboxylic acids is 3. The van der Waals surface area contributed by atoms with Crippen molar-refractivity contribution in [3.8, 4) is 0 Å². The van der Waals surface area contributed by atoms with Crippen LogP contribution in [0.5, 0.6) is 0 Å². The van der Waals surface area contributed by atoms with Crippen molar-refractivity contribution < 1.29 is 19.1 Å². The Morgan fingerprint density at radius 1 is 1.30 bits per heavy atom. The SMILES string of the molecule is CCOC(=O)CC1CCc2cc(NC(=O)c3ccc(/C=N\N)cc3Cl)ccc2C1=O. The van der Waals surface area contributed by atoms with Gasteiger partial charge in [0.15, 0.2) is 5.78 Å². The molecule has 0 fully saturated rings. The second-order valence-electron chi connectivity index (χ2n) is 6.95. The Bertz CT molecular complexity index is 1020. The Labute approximate surface area is 179 Å². The van der Waals surface area contributed by atoms with Crippen molar-refractivity contribution in [1.29, 1.82) is 0 Å². The lowest BCUT2D eigenvalue weighted by molar-refractivity contribution is -0.144. The molecule has 1 aliphatic rings. The fourth-order valence-corrected chi connectivity index (χ4v) is 3.77. The summed E-state index contributed by atoms with van der Waals surface area (Å²) >= 11 is 6.19. The molecule has 1 unspecified atom stereocenters. The van der Waals surface area contributed by atoms with Crippen LogP contribution in [0.2, 0.25) is 5.02 Å². The molecule has 2 aromatic carbocycles. The van der Waals surface area contributed by atoms with Crippen molar-refractivity contribution in [3.63, 3.8) is 0 Å². The minimum Gasteiger partial charge on any atom is -0.466 e. The molecule has 0 spiro atoms. The Morgan fingerprint density at radius 2 is 2.10 bits per heavy atom. The molecule has 1 atom stereocenters. The van der Waals surface area contributed by atoms with Gasteiger partial charge >= 0.3 is 5.97 Å². The van der Waals surface area contributed by atoms with E-state index in [1.54, 1.807) is 43.3 Å². The van der Waals surface area contributed by atoms with Crippen LogP contribution >= 0.6 is 11.6 Å². The van der Waals surface area contributed by atoms with Gasteiger partial charge in [-0.1, -0.05) is 17.7 Å². The number of benzene rings is 2. The fourth-order valence-electron chi connectivity index (χ4n) is 3.50. The number of Topliss-reactive ketones (excluding diaryl/α,β-unsaturated/α-hetero) is 1. The second kappa shape index (κ2) is 9.54. The highest BCUT2D eigenvalue weighted by molar-refractivity contribution is 6.34. The largest absolute Gasteiger partial charge is 0.466 e. The first kappa shape index (κ1) is 21.5. The molecule has 0 heterocycles. The molecule has 0 aliphatic heterocycles. The first-order valence-electron chi connectivity index (χ1n) is 9.59. The van der Waals surface area contributed by atoms with Crippen molar-refractivity contribution in [2.24, 2.45) is 16.9 Å². The maximum atomic E-state index is 12.7. The summed E-state index contributed by atoms with van der Waals surface area (Å²) in [5, 5.41) is 6.52. The average Bonchev–Trinajstić information content (AvgIpc) is 2.70. The van der Waals surface area contributed by atoms with Crippen LogP contribution in [-0.2, 0) is 16.0 Å². The summed E-state index contributed by atoms with van der Waals surface area (Å²) in [4.78, 5) is 37.0. The predicted molar refractivity (Wildman–Crippen MR) is 115 cm³/mol. The van der Waals surface area contributed by atoms with Gasteiger partial charge in [0.05, 0.1) is 29.8 Å². The van der Waals surface area contributed by atoms with Crippen molar-refractivity contribution in [1.82, 2.24) is 0 Å². The quantitative estimate of drug-likeness (QED) is 0.317. The van der Waals surface area contributed by atoms with E-state index in [1.807, 2.05) is 0 Å². The normalized spacial score (nSPS) is 15.7. The predicted octanol–water partition coefficient (Wildman–Crippen LogP) is 3.58. The summed E-state index contributed by atoms with van der Waals surface area (Å²) in [6.07, 6.45) is 2.73. The fraction of sp³-hybridized carbons (Fsp3) is 0.273. The van der Waals surface area contributed by atoms with Gasteiger partial charge in [-0.05, 0) is 61.2 Å². The molecule has 3 rings (SSSR count). The maximum absolute atomic E-state index is 12.7. The van der Waals surface area contributed by atoms with E-state index >= 15 is 0 Å². The molecule has 0 saturated heterocycles. The van der Waals surface area contributed by atoms with Crippen molar-refractivity contribution in [3.05, 3.63) is 63.7 Å². The lowest BCUT2D eigenvalue weighted by Gasteiger charge is -2.23. The van der Waals surface area contributed by atoms with Gasteiger partial charge in [0.25, 0.3) is 5.91 Å². The van der Waals surface area contributed by atoms with Crippen LogP contribution in [0.1, 0.15) is 51.6 Å². The number of nitrogens with zero attached hydrogens (tertiary/aromatic N) is 1. The van der Waals surface area contributed by atoms with Gasteiger partial charge in [-0.2, -0.15) is 5.10 Å². The van der Waals surface area contributed by atoms with Gasteiger partial charge in [0, 0.05) is 17.2 Å². The number of hydrogen-bond acceptors (Lipinski definition) is 6. The lowest BCUT2D eigenvalue weighted by atomic mass is 9.81. The van der Waals surface area contributed by atoms with Crippen molar-refractivity contribution >= 4 is 41.2 Å². The third-order valence-corrected chi connectivity index (χ3v) is 5.25. The van der Waals surface area contributed by atoms with Gasteiger partial charge in [0.1, 0.15) is 0 Å². The first-order chi connectivity index (χ1) is 14.4. The summed E-state index contributed by atoms with van der Waals surface area (Å²) in [5.41, 5.74) is 2.99. The molecule has 0 radical (unpaired) electrons. The van der Waals surface area contributed by atoms with Gasteiger partial charge < -0.3 is 15.9 Å². The van der Waals surface area contributed by atoms with E-state index in [9.17, 15) is 14.4 Å². The topological polar surface area (TPSA) is 111 Å². The van der Waals surface area contributed by atoms with Gasteiger partial charge in [-0.25, -0.2) is 0 Å². The highest BCUT2D eigenvalue weighted by atomic mass is 35.5. The minimum atomic E-state index is -0.369. The van der Waals surface area contributed by atoms with E-state index < -0.39 is 0 Å². The number of hydrazone groups is 1. The number of aryl methyl sites for hydroxylation is 1. The van der Waals surface area contributed by atoms with Crippen molar-refractivity contribution in [2.45, 2.75) is 26.2 Å². The number of hydrogen-bond donors (Lipinski definition) is 2.